The number of aryl methyl sites for hydroxylation is 4. The van der Waals surface area contributed by atoms with Crippen molar-refractivity contribution in [1.82, 2.24) is 0 Å². The molecule has 0 spiro atoms. The molecule has 45 heavy (non-hydrogen) atoms. The van der Waals surface area contributed by atoms with E-state index >= 15 is 0 Å². The van der Waals surface area contributed by atoms with E-state index in [-0.39, 0.29) is 10.8 Å². The van der Waals surface area contributed by atoms with Crippen LogP contribution in [0.15, 0.2) is 108 Å². The third-order valence-corrected chi connectivity index (χ3v) is 14.5. The van der Waals surface area contributed by atoms with Gasteiger partial charge < -0.3 is 0 Å². The highest BCUT2D eigenvalue weighted by Crippen LogP contribution is 2.35. The van der Waals surface area contributed by atoms with Crippen molar-refractivity contribution in [3.05, 3.63) is 147 Å². The molecule has 4 aromatic rings. The predicted molar refractivity (Wildman–Crippen MR) is 201 cm³/mol. The summed E-state index contributed by atoms with van der Waals surface area (Å²) in [7, 11) is -2.79. The Morgan fingerprint density at radius 1 is 0.556 bits per heavy atom. The van der Waals surface area contributed by atoms with E-state index in [1.165, 1.54) is 60.1 Å². The highest BCUT2D eigenvalue weighted by atomic mass is 28.3. The Bertz CT molecular complexity index is 1660. The van der Waals surface area contributed by atoms with Gasteiger partial charge in [-0.05, 0) is 105 Å². The van der Waals surface area contributed by atoms with E-state index in [4.69, 9.17) is 0 Å². The molecule has 1 atom stereocenters. The first kappa shape index (κ1) is 33.0. The topological polar surface area (TPSA) is 0 Å². The van der Waals surface area contributed by atoms with Crippen LogP contribution in [0.5, 0.6) is 0 Å². The minimum Gasteiger partial charge on any atom is -0.0801 e. The molecule has 1 aliphatic rings. The molecule has 0 aliphatic heterocycles. The molecule has 0 nitrogen and oxygen atoms in total. The third kappa shape index (κ3) is 6.75. The highest BCUT2D eigenvalue weighted by Gasteiger charge is 2.46. The van der Waals surface area contributed by atoms with Crippen molar-refractivity contribution in [3.8, 4) is 0 Å². The summed E-state index contributed by atoms with van der Waals surface area (Å²) in [5.41, 5.74) is 11.4. The fourth-order valence-electron chi connectivity index (χ4n) is 7.19. The van der Waals surface area contributed by atoms with Crippen molar-refractivity contribution < 1.29 is 0 Å². The molecule has 1 aliphatic carbocycles. The maximum absolute atomic E-state index is 2.79. The number of benzene rings is 4. The molecule has 1 heteroatoms. The van der Waals surface area contributed by atoms with Gasteiger partial charge in [-0.15, -0.1) is 0 Å². The Morgan fingerprint density at radius 3 is 1.58 bits per heavy atom. The van der Waals surface area contributed by atoms with Crippen LogP contribution in [0.25, 0.3) is 0 Å². The van der Waals surface area contributed by atoms with Crippen LogP contribution in [-0.4, -0.2) is 8.07 Å². The van der Waals surface area contributed by atoms with E-state index < -0.39 is 8.07 Å². The number of rotatable bonds is 8. The fourth-order valence-corrected chi connectivity index (χ4v) is 12.7. The van der Waals surface area contributed by atoms with Gasteiger partial charge in [0, 0.05) is 0 Å². The molecule has 0 heterocycles. The standard InChI is InChI=1S/C44H54Si/c1-11-33-24-34(12-2)27-40(26-33)45(39-22-31(3)21-32(4)23-39,42-20-16-19-36(42)25-35-17-14-13-15-18-35)41-29-37(43(5,6)7)28-38(30-41)44(8,9)10/h13-15,17-24,26-30H,11-12,16,25H2,1-10H3. The molecule has 0 saturated carbocycles. The smallest absolute Gasteiger partial charge is 0.0801 e. The van der Waals surface area contributed by atoms with Crippen molar-refractivity contribution in [2.75, 3.05) is 0 Å². The Morgan fingerprint density at radius 2 is 1.07 bits per heavy atom. The van der Waals surface area contributed by atoms with Gasteiger partial charge in [-0.1, -0.05) is 164 Å². The van der Waals surface area contributed by atoms with E-state index in [0.29, 0.717) is 0 Å². The van der Waals surface area contributed by atoms with Gasteiger partial charge in [-0.2, -0.15) is 0 Å². The summed E-state index contributed by atoms with van der Waals surface area (Å²) in [5, 5.41) is 6.14. The summed E-state index contributed by atoms with van der Waals surface area (Å²) in [6.07, 6.45) is 9.17. The lowest BCUT2D eigenvalue weighted by molar-refractivity contribution is 0.569. The Balaban J connectivity index is 1.98. The minimum atomic E-state index is -2.79. The summed E-state index contributed by atoms with van der Waals surface area (Å²) >= 11 is 0. The van der Waals surface area contributed by atoms with Crippen LogP contribution in [0, 0.1) is 13.8 Å². The third-order valence-electron chi connectivity index (χ3n) is 9.73. The van der Waals surface area contributed by atoms with E-state index in [2.05, 4.69) is 166 Å². The number of hydrogen-bond acceptors (Lipinski definition) is 0. The van der Waals surface area contributed by atoms with Crippen LogP contribution in [0.4, 0.5) is 0 Å². The SMILES string of the molecule is CCc1cc(CC)cc([Si](C2=CCC=C2Cc2ccccc2)(c2cc(C)cc(C)c2)c2cc(C(C)(C)C)cc(C(C)(C)C)c2)c1. The lowest BCUT2D eigenvalue weighted by atomic mass is 9.81. The van der Waals surface area contributed by atoms with E-state index in [0.717, 1.165) is 25.7 Å². The van der Waals surface area contributed by atoms with Crippen molar-refractivity contribution in [2.45, 2.75) is 106 Å². The van der Waals surface area contributed by atoms with Crippen molar-refractivity contribution in [3.63, 3.8) is 0 Å². The summed E-state index contributed by atoms with van der Waals surface area (Å²) in [5.74, 6) is 0. The zero-order valence-corrected chi connectivity index (χ0v) is 30.6. The average Bonchev–Trinajstić information content (AvgIpc) is 3.44. The first-order chi connectivity index (χ1) is 21.2. The Hall–Kier alpha value is -3.42. The Labute approximate surface area is 275 Å². The lowest BCUT2D eigenvalue weighted by Crippen LogP contribution is -2.69. The molecule has 0 amide bonds. The van der Waals surface area contributed by atoms with Gasteiger partial charge in [0.2, 0.25) is 0 Å². The number of hydrogen-bond donors (Lipinski definition) is 0. The van der Waals surface area contributed by atoms with E-state index in [1.54, 1.807) is 5.20 Å². The zero-order chi connectivity index (χ0) is 32.6. The van der Waals surface area contributed by atoms with Gasteiger partial charge in [0.15, 0.2) is 8.07 Å². The van der Waals surface area contributed by atoms with Crippen molar-refractivity contribution in [1.29, 1.82) is 0 Å². The van der Waals surface area contributed by atoms with Crippen LogP contribution < -0.4 is 15.6 Å². The normalized spacial score (nSPS) is 15.1. The second kappa shape index (κ2) is 12.8. The average molecular weight is 611 g/mol. The maximum Gasteiger partial charge on any atom is 0.179 e. The van der Waals surface area contributed by atoms with Crippen LogP contribution in [-0.2, 0) is 30.1 Å². The quantitative estimate of drug-likeness (QED) is 0.138. The van der Waals surface area contributed by atoms with Crippen LogP contribution >= 0.6 is 0 Å². The molecule has 5 rings (SSSR count). The van der Waals surface area contributed by atoms with Gasteiger partial charge in [0.25, 0.3) is 0 Å². The molecule has 234 valence electrons. The van der Waals surface area contributed by atoms with Crippen molar-refractivity contribution >= 4 is 23.6 Å². The van der Waals surface area contributed by atoms with Gasteiger partial charge in [-0.25, -0.2) is 0 Å². The molecule has 4 aromatic carbocycles. The highest BCUT2D eigenvalue weighted by molar-refractivity contribution is 7.16. The van der Waals surface area contributed by atoms with Gasteiger partial charge in [0.1, 0.15) is 0 Å². The van der Waals surface area contributed by atoms with Crippen molar-refractivity contribution in [2.24, 2.45) is 0 Å². The summed E-state index contributed by atoms with van der Waals surface area (Å²) in [6.45, 7) is 23.4. The molecule has 0 bridgehead atoms. The first-order valence-electron chi connectivity index (χ1n) is 17.1. The monoisotopic (exact) mass is 610 g/mol. The van der Waals surface area contributed by atoms with Gasteiger partial charge in [0.05, 0.1) is 0 Å². The van der Waals surface area contributed by atoms with Gasteiger partial charge in [-0.3, -0.25) is 0 Å². The molecule has 1 unspecified atom stereocenters. The summed E-state index contributed by atoms with van der Waals surface area (Å²) < 4.78 is 0. The zero-order valence-electron chi connectivity index (χ0n) is 29.6. The Kier molecular flexibility index (Phi) is 9.34. The molecular formula is C44H54Si. The van der Waals surface area contributed by atoms with E-state index in [9.17, 15) is 0 Å². The van der Waals surface area contributed by atoms with Crippen LogP contribution in [0.1, 0.15) is 101 Å². The maximum atomic E-state index is 2.61. The van der Waals surface area contributed by atoms with Crippen LogP contribution in [0.3, 0.4) is 0 Å². The molecule has 0 fully saturated rings. The summed E-state index contributed by atoms with van der Waals surface area (Å²) in [6, 6.07) is 33.8. The van der Waals surface area contributed by atoms with Gasteiger partial charge >= 0.3 is 0 Å². The molecule has 0 N–H and O–H groups in total. The lowest BCUT2D eigenvalue weighted by Gasteiger charge is -2.39. The second-order valence-electron chi connectivity index (χ2n) is 15.4. The van der Waals surface area contributed by atoms with E-state index in [1.807, 2.05) is 0 Å². The molecule has 0 aromatic heterocycles. The summed E-state index contributed by atoms with van der Waals surface area (Å²) in [4.78, 5) is 0. The first-order valence-corrected chi connectivity index (χ1v) is 19.1. The molecular weight excluding hydrogens is 557 g/mol. The second-order valence-corrected chi connectivity index (χ2v) is 19.2. The fraction of sp³-hybridized carbons (Fsp3) is 0.364. The molecule has 0 radical (unpaired) electrons. The molecule has 0 saturated heterocycles. The largest absolute Gasteiger partial charge is 0.179 e. The predicted octanol–water partition coefficient (Wildman–Crippen LogP) is 9.53. The van der Waals surface area contributed by atoms with Crippen LogP contribution in [0.2, 0.25) is 0 Å². The number of allylic oxidation sites excluding steroid dienone is 4. The minimum absolute atomic E-state index is 0.0330.